The Bertz CT molecular complexity index is 1810. The Balaban J connectivity index is 1.35. The molecule has 0 aromatic heterocycles. The fourth-order valence-corrected chi connectivity index (χ4v) is 9.05. The van der Waals surface area contributed by atoms with Crippen LogP contribution in [-0.4, -0.2) is 0 Å². The molecule has 5 aromatic carbocycles. The monoisotopic (exact) mass is 530 g/mol. The maximum atomic E-state index is 7.00. The molecule has 4 aliphatic rings. The molecule has 1 nitrogen and oxygen atoms in total. The number of ether oxygens (including phenoxy) is 1. The second kappa shape index (κ2) is 8.46. The van der Waals surface area contributed by atoms with Crippen molar-refractivity contribution in [2.45, 2.75) is 56.3 Å². The van der Waals surface area contributed by atoms with E-state index in [4.69, 9.17) is 4.74 Å². The molecule has 3 aliphatic carbocycles. The highest BCUT2D eigenvalue weighted by Gasteiger charge is 2.51. The minimum Gasteiger partial charge on any atom is -0.456 e. The summed E-state index contributed by atoms with van der Waals surface area (Å²) in [6, 6.07) is 41.1. The lowest BCUT2D eigenvalue weighted by molar-refractivity contribution is 0.419. The summed E-state index contributed by atoms with van der Waals surface area (Å²) in [7, 11) is 0. The first-order chi connectivity index (χ1) is 20.2. The van der Waals surface area contributed by atoms with Gasteiger partial charge in [-0.15, -0.1) is 0 Å². The van der Waals surface area contributed by atoms with Crippen LogP contribution in [0.25, 0.3) is 22.3 Å². The molecule has 0 radical (unpaired) electrons. The van der Waals surface area contributed by atoms with Crippen LogP contribution in [-0.2, 0) is 17.3 Å². The van der Waals surface area contributed by atoms with Gasteiger partial charge in [-0.05, 0) is 101 Å². The van der Waals surface area contributed by atoms with Gasteiger partial charge in [0.25, 0.3) is 0 Å². The molecule has 200 valence electrons. The minimum atomic E-state index is -0.419. The zero-order chi connectivity index (χ0) is 27.2. The summed E-state index contributed by atoms with van der Waals surface area (Å²) in [6.45, 7) is 2.28. The molecule has 9 rings (SSSR count). The molecule has 1 heteroatoms. The second-order valence-corrected chi connectivity index (χ2v) is 12.8. The molecule has 5 aromatic rings. The molecule has 0 N–H and O–H groups in total. The Morgan fingerprint density at radius 3 is 2.02 bits per heavy atom. The third kappa shape index (κ3) is 3.07. The van der Waals surface area contributed by atoms with Crippen molar-refractivity contribution in [1.82, 2.24) is 0 Å². The van der Waals surface area contributed by atoms with E-state index in [1.165, 1.54) is 87.7 Å². The fourth-order valence-electron chi connectivity index (χ4n) is 9.05. The summed E-state index contributed by atoms with van der Waals surface area (Å²) in [5.74, 6) is 2.90. The van der Waals surface area contributed by atoms with Crippen molar-refractivity contribution in [2.75, 3.05) is 0 Å². The van der Waals surface area contributed by atoms with Gasteiger partial charge in [0.05, 0.1) is 5.41 Å². The van der Waals surface area contributed by atoms with Gasteiger partial charge >= 0.3 is 0 Å². The number of para-hydroxylation sites is 1. The highest BCUT2D eigenvalue weighted by molar-refractivity contribution is 5.90. The maximum absolute atomic E-state index is 7.00. The van der Waals surface area contributed by atoms with Gasteiger partial charge in [0.2, 0.25) is 0 Å². The highest BCUT2D eigenvalue weighted by atomic mass is 16.5. The van der Waals surface area contributed by atoms with Crippen molar-refractivity contribution in [1.29, 1.82) is 0 Å². The topological polar surface area (TPSA) is 9.23 Å². The fraction of sp³-hybridized carbons (Fsp3) is 0.250. The first-order valence-electron chi connectivity index (χ1n) is 15.5. The molecule has 2 bridgehead atoms. The zero-order valence-corrected chi connectivity index (χ0v) is 23.6. The number of benzene rings is 5. The predicted molar refractivity (Wildman–Crippen MR) is 167 cm³/mol. The molecule has 2 saturated carbocycles. The number of rotatable bonds is 3. The molecule has 0 amide bonds. The summed E-state index contributed by atoms with van der Waals surface area (Å²) in [5.41, 5.74) is 13.2. The van der Waals surface area contributed by atoms with Gasteiger partial charge in [0.1, 0.15) is 11.5 Å². The Labute approximate surface area is 242 Å². The molecule has 41 heavy (non-hydrogen) atoms. The van der Waals surface area contributed by atoms with Crippen LogP contribution >= 0.6 is 0 Å². The molecule has 0 saturated heterocycles. The van der Waals surface area contributed by atoms with E-state index in [0.717, 1.165) is 23.8 Å². The van der Waals surface area contributed by atoms with Gasteiger partial charge < -0.3 is 4.74 Å². The first-order valence-corrected chi connectivity index (χ1v) is 15.5. The van der Waals surface area contributed by atoms with Crippen molar-refractivity contribution >= 4 is 0 Å². The maximum Gasteiger partial charge on any atom is 0.140 e. The Kier molecular flexibility index (Phi) is 4.87. The van der Waals surface area contributed by atoms with Gasteiger partial charge in [0, 0.05) is 16.7 Å². The van der Waals surface area contributed by atoms with Crippen molar-refractivity contribution in [3.05, 3.63) is 143 Å². The van der Waals surface area contributed by atoms with Crippen LogP contribution in [0.2, 0.25) is 0 Å². The molecular formula is C40H34O. The average Bonchev–Trinajstić information content (AvgIpc) is 3.74. The number of aryl methyl sites for hydroxylation is 1. The SMILES string of the molecule is CCc1cc(-c2cccc(C34CCC(CC3)C4)c2)c2c(c1)C1(c3ccccc3O2)c2ccccc2-c2ccccc21. The lowest BCUT2D eigenvalue weighted by Crippen LogP contribution is -2.32. The normalized spacial score (nSPS) is 22.1. The van der Waals surface area contributed by atoms with Gasteiger partial charge in [-0.25, -0.2) is 0 Å². The molecule has 1 spiro atoms. The van der Waals surface area contributed by atoms with Gasteiger partial charge in [-0.1, -0.05) is 104 Å². The average molecular weight is 531 g/mol. The minimum absolute atomic E-state index is 0.376. The van der Waals surface area contributed by atoms with Crippen LogP contribution in [0.5, 0.6) is 11.5 Å². The van der Waals surface area contributed by atoms with Crippen LogP contribution in [0.1, 0.15) is 72.4 Å². The number of hydrogen-bond donors (Lipinski definition) is 0. The van der Waals surface area contributed by atoms with Crippen LogP contribution in [0.15, 0.2) is 109 Å². The Morgan fingerprint density at radius 1 is 0.659 bits per heavy atom. The largest absolute Gasteiger partial charge is 0.456 e. The van der Waals surface area contributed by atoms with Crippen molar-refractivity contribution in [2.24, 2.45) is 5.92 Å². The lowest BCUT2D eigenvalue weighted by Gasteiger charge is -2.40. The molecule has 1 heterocycles. The lowest BCUT2D eigenvalue weighted by atomic mass is 9.65. The van der Waals surface area contributed by atoms with Crippen LogP contribution in [0.4, 0.5) is 0 Å². The number of hydrogen-bond acceptors (Lipinski definition) is 1. The Hall–Kier alpha value is -4.10. The van der Waals surface area contributed by atoms with E-state index >= 15 is 0 Å². The summed E-state index contributed by atoms with van der Waals surface area (Å²) in [6.07, 6.45) is 7.82. The standard InChI is InChI=1S/C40H34O/c1-2-26-22-32(28-10-9-11-29(24-28)39-20-18-27(25-39)19-21-39)38-36(23-26)40(35-16-7-8-17-37(35)41-38)33-14-5-3-12-30(33)31-13-4-6-15-34(31)40/h3-17,22-24,27H,2,18-21,25H2,1H3. The molecule has 2 fully saturated rings. The van der Waals surface area contributed by atoms with Crippen LogP contribution in [0, 0.1) is 5.92 Å². The quantitative estimate of drug-likeness (QED) is 0.221. The summed E-state index contributed by atoms with van der Waals surface area (Å²) >= 11 is 0. The smallest absolute Gasteiger partial charge is 0.140 e. The van der Waals surface area contributed by atoms with E-state index in [1.54, 1.807) is 0 Å². The molecule has 1 aliphatic heterocycles. The van der Waals surface area contributed by atoms with Crippen LogP contribution < -0.4 is 4.74 Å². The van der Waals surface area contributed by atoms with Crippen molar-refractivity contribution < 1.29 is 4.74 Å². The van der Waals surface area contributed by atoms with E-state index in [0.29, 0.717) is 5.41 Å². The highest BCUT2D eigenvalue weighted by Crippen LogP contribution is 2.63. The van der Waals surface area contributed by atoms with E-state index < -0.39 is 5.41 Å². The van der Waals surface area contributed by atoms with Crippen molar-refractivity contribution in [3.8, 4) is 33.8 Å². The predicted octanol–water partition coefficient (Wildman–Crippen LogP) is 10.2. The van der Waals surface area contributed by atoms with E-state index in [9.17, 15) is 0 Å². The zero-order valence-electron chi connectivity index (χ0n) is 23.6. The van der Waals surface area contributed by atoms with Gasteiger partial charge in [0.15, 0.2) is 0 Å². The van der Waals surface area contributed by atoms with Crippen LogP contribution in [0.3, 0.4) is 0 Å². The van der Waals surface area contributed by atoms with E-state index in [2.05, 4.69) is 116 Å². The first kappa shape index (κ1) is 23.6. The van der Waals surface area contributed by atoms with Gasteiger partial charge in [-0.3, -0.25) is 0 Å². The molecule has 0 unspecified atom stereocenters. The number of fused-ring (bicyclic) bond motifs is 11. The Morgan fingerprint density at radius 2 is 1.34 bits per heavy atom. The van der Waals surface area contributed by atoms with Crippen molar-refractivity contribution in [3.63, 3.8) is 0 Å². The van der Waals surface area contributed by atoms with E-state index in [1.807, 2.05) is 0 Å². The van der Waals surface area contributed by atoms with Gasteiger partial charge in [-0.2, -0.15) is 0 Å². The summed E-state index contributed by atoms with van der Waals surface area (Å²) < 4.78 is 7.00. The third-order valence-electron chi connectivity index (χ3n) is 10.9. The van der Waals surface area contributed by atoms with E-state index in [-0.39, 0.29) is 0 Å². The second-order valence-electron chi connectivity index (χ2n) is 12.8. The summed E-state index contributed by atoms with van der Waals surface area (Å²) in [4.78, 5) is 0. The third-order valence-corrected chi connectivity index (χ3v) is 10.9. The molecular weight excluding hydrogens is 496 g/mol. The summed E-state index contributed by atoms with van der Waals surface area (Å²) in [5, 5.41) is 0. The molecule has 0 atom stereocenters.